The van der Waals surface area contributed by atoms with E-state index < -0.39 is 0 Å². The van der Waals surface area contributed by atoms with Gasteiger partial charge in [0, 0.05) is 5.02 Å². The van der Waals surface area contributed by atoms with Crippen molar-refractivity contribution in [2.24, 2.45) is 0 Å². The molecule has 0 bridgehead atoms. The largest absolute Gasteiger partial charge is 0.412 e. The van der Waals surface area contributed by atoms with Gasteiger partial charge in [-0.2, -0.15) is 0 Å². The minimum Gasteiger partial charge on any atom is -0.412 e. The summed E-state index contributed by atoms with van der Waals surface area (Å²) >= 11 is 5.64. The third-order valence-corrected chi connectivity index (χ3v) is 1.22. The molecular weight excluding hydrogens is 150 g/mol. The van der Waals surface area contributed by atoms with Gasteiger partial charge in [0.15, 0.2) is 0 Å². The van der Waals surface area contributed by atoms with Crippen LogP contribution in [0, 0.1) is 0 Å². The molecule has 0 aliphatic rings. The van der Waals surface area contributed by atoms with Crippen LogP contribution in [0.5, 0.6) is 0 Å². The van der Waals surface area contributed by atoms with Crippen molar-refractivity contribution in [3.63, 3.8) is 0 Å². The molecule has 0 saturated heterocycles. The van der Waals surface area contributed by atoms with Gasteiger partial charge in [-0.15, -0.1) is 0 Å². The van der Waals surface area contributed by atoms with E-state index in [1.165, 1.54) is 5.46 Å². The summed E-state index contributed by atoms with van der Waals surface area (Å²) in [6.07, 6.45) is 0. The molecule has 1 aromatic carbocycles. The van der Waals surface area contributed by atoms with E-state index in [1.807, 2.05) is 32.1 Å². The van der Waals surface area contributed by atoms with Gasteiger partial charge in [-0.05, 0) is 12.1 Å². The second-order valence-electron chi connectivity index (χ2n) is 1.80. The van der Waals surface area contributed by atoms with Crippen LogP contribution in [-0.4, -0.2) is 18.8 Å². The summed E-state index contributed by atoms with van der Waals surface area (Å²) in [5.41, 5.74) is 1.21. The van der Waals surface area contributed by atoms with E-state index in [0.29, 0.717) is 0 Å². The lowest BCUT2D eigenvalue weighted by molar-refractivity contribution is 0.823. The lowest BCUT2D eigenvalue weighted by atomic mass is 9.97. The monoisotopic (exact) mass is 160 g/mol. The van der Waals surface area contributed by atoms with Crippen molar-refractivity contribution in [2.75, 3.05) is 0 Å². The Labute approximate surface area is 65.8 Å². The van der Waals surface area contributed by atoms with Gasteiger partial charge in [0.05, 0.1) is 0 Å². The van der Waals surface area contributed by atoms with E-state index in [4.69, 9.17) is 11.6 Å². The van der Waals surface area contributed by atoms with E-state index in [9.17, 15) is 0 Å². The van der Waals surface area contributed by atoms with Gasteiger partial charge in [-0.3, -0.25) is 0 Å². The first-order valence-corrected chi connectivity index (χ1v) is 2.89. The summed E-state index contributed by atoms with van der Waals surface area (Å²) in [6, 6.07) is 7.76. The Morgan fingerprint density at radius 3 is 2.10 bits per heavy atom. The number of hydrogen-bond donors (Lipinski definition) is 0. The summed E-state index contributed by atoms with van der Waals surface area (Å²) in [4.78, 5) is 0. The van der Waals surface area contributed by atoms with Crippen LogP contribution in [0.2, 0.25) is 5.02 Å². The van der Waals surface area contributed by atoms with Crippen LogP contribution in [0.25, 0.3) is 0 Å². The zero-order chi connectivity index (χ0) is 5.98. The Morgan fingerprint density at radius 2 is 1.80 bits per heavy atom. The normalized spacial score (nSPS) is 7.30. The van der Waals surface area contributed by atoms with Gasteiger partial charge in [-0.1, -0.05) is 29.2 Å². The van der Waals surface area contributed by atoms with Crippen LogP contribution < -0.4 is 5.46 Å². The van der Waals surface area contributed by atoms with Crippen LogP contribution in [0.1, 0.15) is 0 Å². The van der Waals surface area contributed by atoms with Gasteiger partial charge >= 0.3 is 0 Å². The molecule has 56 valence electrons. The van der Waals surface area contributed by atoms with Crippen LogP contribution in [0.15, 0.2) is 24.3 Å². The summed E-state index contributed by atoms with van der Waals surface area (Å²) in [5, 5.41) is 0.810. The molecule has 0 saturated carbocycles. The average molecular weight is 160 g/mol. The molecule has 4 heteroatoms. The van der Waals surface area contributed by atoms with Crippen molar-refractivity contribution < 1.29 is 11.0 Å². The Balaban J connectivity index is 0. The van der Waals surface area contributed by atoms with Crippen molar-refractivity contribution in [2.45, 2.75) is 0 Å². The van der Waals surface area contributed by atoms with Crippen LogP contribution in [0.3, 0.4) is 0 Å². The highest BCUT2D eigenvalue weighted by Crippen LogP contribution is 2.01. The molecule has 0 atom stereocenters. The first-order valence-electron chi connectivity index (χ1n) is 2.51. The lowest BCUT2D eigenvalue weighted by Crippen LogP contribution is -1.98. The molecule has 0 fully saturated rings. The van der Waals surface area contributed by atoms with Crippen molar-refractivity contribution in [1.29, 1.82) is 0 Å². The third-order valence-electron chi connectivity index (χ3n) is 0.980. The molecule has 1 rings (SSSR count). The molecule has 0 radical (unpaired) electrons. The molecule has 2 nitrogen and oxygen atoms in total. The summed E-state index contributed by atoms with van der Waals surface area (Å²) < 4.78 is 0. The summed E-state index contributed by atoms with van der Waals surface area (Å²) in [5.74, 6) is 0. The predicted octanol–water partition coefficient (Wildman–Crippen LogP) is -1.05. The van der Waals surface area contributed by atoms with Crippen molar-refractivity contribution >= 4 is 24.9 Å². The molecule has 0 spiro atoms. The molecule has 1 aromatic rings. The number of rotatable bonds is 0. The molecule has 0 aromatic heterocycles. The molecule has 0 amide bonds. The first-order chi connectivity index (χ1) is 3.79. The third kappa shape index (κ3) is 3.51. The second-order valence-corrected chi connectivity index (χ2v) is 2.24. The summed E-state index contributed by atoms with van der Waals surface area (Å²) in [7, 11) is 2.02. The van der Waals surface area contributed by atoms with E-state index >= 15 is 0 Å². The van der Waals surface area contributed by atoms with E-state index in [0.717, 1.165) is 5.02 Å². The molecule has 0 aliphatic heterocycles. The van der Waals surface area contributed by atoms with Crippen LogP contribution >= 0.6 is 11.6 Å². The molecular formula is C6H10BClO2. The quantitative estimate of drug-likeness (QED) is 0.435. The zero-order valence-corrected chi connectivity index (χ0v) is 6.44. The van der Waals surface area contributed by atoms with Crippen LogP contribution in [0.4, 0.5) is 0 Å². The maximum Gasteiger partial charge on any atom is 0.139 e. The average Bonchev–Trinajstić information content (AvgIpc) is 1.64. The number of halogens is 1. The Hall–Kier alpha value is -0.505. The molecule has 10 heavy (non-hydrogen) atoms. The highest BCUT2D eigenvalue weighted by Gasteiger charge is 1.83. The minimum atomic E-state index is 0. The van der Waals surface area contributed by atoms with E-state index in [2.05, 4.69) is 0 Å². The fourth-order valence-corrected chi connectivity index (χ4v) is 0.850. The molecule has 4 N–H and O–H groups in total. The van der Waals surface area contributed by atoms with Gasteiger partial charge in [-0.25, -0.2) is 0 Å². The number of hydrogen-bond acceptors (Lipinski definition) is 0. The van der Waals surface area contributed by atoms with Gasteiger partial charge in [0.2, 0.25) is 0 Å². The van der Waals surface area contributed by atoms with Crippen LogP contribution in [-0.2, 0) is 0 Å². The maximum absolute atomic E-state index is 5.64. The van der Waals surface area contributed by atoms with Crippen molar-refractivity contribution in [3.8, 4) is 0 Å². The highest BCUT2D eigenvalue weighted by molar-refractivity contribution is 6.36. The fraction of sp³-hybridized carbons (Fsp3) is 0. The van der Waals surface area contributed by atoms with Gasteiger partial charge in [0.1, 0.15) is 7.85 Å². The molecule has 0 aliphatic carbocycles. The molecule has 0 unspecified atom stereocenters. The summed E-state index contributed by atoms with van der Waals surface area (Å²) in [6.45, 7) is 0. The standard InChI is InChI=1S/C6H6BCl.2H2O/c7-5-2-1-3-6(8)4-5;;/h1-4H,7H2;2*1H2. The Kier molecular flexibility index (Phi) is 6.46. The Bertz CT molecular complexity index is 176. The Morgan fingerprint density at radius 1 is 1.20 bits per heavy atom. The predicted molar refractivity (Wildman–Crippen MR) is 46.9 cm³/mol. The van der Waals surface area contributed by atoms with Crippen molar-refractivity contribution in [3.05, 3.63) is 29.3 Å². The maximum atomic E-state index is 5.64. The lowest BCUT2D eigenvalue weighted by Gasteiger charge is -1.88. The first kappa shape index (κ1) is 12.2. The van der Waals surface area contributed by atoms with E-state index in [-0.39, 0.29) is 11.0 Å². The number of benzene rings is 1. The van der Waals surface area contributed by atoms with Crippen molar-refractivity contribution in [1.82, 2.24) is 0 Å². The topological polar surface area (TPSA) is 63.0 Å². The molecule has 0 heterocycles. The van der Waals surface area contributed by atoms with E-state index in [1.54, 1.807) is 0 Å². The minimum absolute atomic E-state index is 0. The van der Waals surface area contributed by atoms with Gasteiger partial charge < -0.3 is 11.0 Å². The highest BCUT2D eigenvalue weighted by atomic mass is 35.5. The van der Waals surface area contributed by atoms with Gasteiger partial charge in [0.25, 0.3) is 0 Å². The fourth-order valence-electron chi connectivity index (χ4n) is 0.606. The SMILES string of the molecule is Bc1cccc(Cl)c1.O.O. The smallest absolute Gasteiger partial charge is 0.139 e. The zero-order valence-electron chi connectivity index (χ0n) is 5.69. The second kappa shape index (κ2) is 5.29.